The van der Waals surface area contributed by atoms with Crippen molar-refractivity contribution in [2.24, 2.45) is 5.92 Å². The lowest BCUT2D eigenvalue weighted by Gasteiger charge is -2.28. The summed E-state index contributed by atoms with van der Waals surface area (Å²) >= 11 is 0. The Morgan fingerprint density at radius 1 is 1.53 bits per heavy atom. The monoisotopic (exact) mass is 211 g/mol. The maximum absolute atomic E-state index is 11.4. The fourth-order valence-corrected chi connectivity index (χ4v) is 1.94. The largest absolute Gasteiger partial charge is 0.461 e. The average molecular weight is 211 g/mol. The zero-order valence-corrected chi connectivity index (χ0v) is 9.50. The number of nitrogens with one attached hydrogen (secondary N) is 1. The zero-order chi connectivity index (χ0) is 11.1. The summed E-state index contributed by atoms with van der Waals surface area (Å²) in [5, 5.41) is 2.95. The van der Waals surface area contributed by atoms with Gasteiger partial charge >= 0.3 is 5.97 Å². The van der Waals surface area contributed by atoms with Crippen LogP contribution >= 0.6 is 0 Å². The number of hydrogen-bond donors (Lipinski definition) is 1. The van der Waals surface area contributed by atoms with Gasteiger partial charge in [-0.25, -0.2) is 0 Å². The van der Waals surface area contributed by atoms with Gasteiger partial charge in [0, 0.05) is 6.54 Å². The number of ether oxygens (including phenoxy) is 1. The van der Waals surface area contributed by atoms with Crippen molar-refractivity contribution in [1.29, 1.82) is 0 Å². The van der Waals surface area contributed by atoms with Crippen molar-refractivity contribution in [2.45, 2.75) is 38.7 Å². The first-order valence-electron chi connectivity index (χ1n) is 5.75. The molecule has 0 aromatic rings. The summed E-state index contributed by atoms with van der Waals surface area (Å²) in [6.45, 7) is 6.67. The molecule has 0 aromatic carbocycles. The summed E-state index contributed by atoms with van der Waals surface area (Å²) in [7, 11) is 0. The van der Waals surface area contributed by atoms with Crippen molar-refractivity contribution in [3.8, 4) is 0 Å². The SMILES string of the molecule is C=CCNCC(=O)OC1CCCCC1C. The molecule has 15 heavy (non-hydrogen) atoms. The maximum atomic E-state index is 11.4. The van der Waals surface area contributed by atoms with Crippen LogP contribution in [-0.2, 0) is 9.53 Å². The summed E-state index contributed by atoms with van der Waals surface area (Å²) in [4.78, 5) is 11.4. The van der Waals surface area contributed by atoms with E-state index in [1.807, 2.05) is 0 Å². The number of carbonyl (C=O) groups excluding carboxylic acids is 1. The van der Waals surface area contributed by atoms with Crippen LogP contribution in [0.1, 0.15) is 32.6 Å². The Morgan fingerprint density at radius 2 is 2.27 bits per heavy atom. The Hall–Kier alpha value is -0.830. The molecule has 1 saturated carbocycles. The van der Waals surface area contributed by atoms with Crippen molar-refractivity contribution in [2.75, 3.05) is 13.1 Å². The van der Waals surface area contributed by atoms with Gasteiger partial charge in [0.15, 0.2) is 0 Å². The predicted molar refractivity (Wildman–Crippen MR) is 60.6 cm³/mol. The Kier molecular flexibility index (Phi) is 5.40. The van der Waals surface area contributed by atoms with Gasteiger partial charge in [-0.05, 0) is 25.2 Å². The van der Waals surface area contributed by atoms with Crippen molar-refractivity contribution in [1.82, 2.24) is 5.32 Å². The molecule has 0 heterocycles. The molecule has 2 atom stereocenters. The first-order valence-corrected chi connectivity index (χ1v) is 5.75. The van der Waals surface area contributed by atoms with E-state index in [9.17, 15) is 4.79 Å². The van der Waals surface area contributed by atoms with E-state index in [0.717, 1.165) is 6.42 Å². The van der Waals surface area contributed by atoms with E-state index in [-0.39, 0.29) is 18.6 Å². The molecule has 86 valence electrons. The molecule has 1 aliphatic rings. The summed E-state index contributed by atoms with van der Waals surface area (Å²) < 4.78 is 5.41. The molecule has 1 aliphatic carbocycles. The molecule has 0 aliphatic heterocycles. The van der Waals surface area contributed by atoms with Crippen LogP contribution < -0.4 is 5.32 Å². The first-order chi connectivity index (χ1) is 7.24. The number of rotatable bonds is 5. The van der Waals surface area contributed by atoms with Gasteiger partial charge in [-0.3, -0.25) is 4.79 Å². The molecule has 3 heteroatoms. The first kappa shape index (κ1) is 12.2. The van der Waals surface area contributed by atoms with Gasteiger partial charge in [0.2, 0.25) is 0 Å². The third kappa shape index (κ3) is 4.47. The van der Waals surface area contributed by atoms with Crippen LogP contribution in [0.4, 0.5) is 0 Å². The highest BCUT2D eigenvalue weighted by Gasteiger charge is 2.24. The minimum absolute atomic E-state index is 0.136. The van der Waals surface area contributed by atoms with E-state index in [0.29, 0.717) is 12.5 Å². The van der Waals surface area contributed by atoms with Crippen LogP contribution in [0.15, 0.2) is 12.7 Å². The van der Waals surface area contributed by atoms with Crippen LogP contribution in [0.5, 0.6) is 0 Å². The van der Waals surface area contributed by atoms with Gasteiger partial charge in [-0.1, -0.05) is 19.4 Å². The average Bonchev–Trinajstić information content (AvgIpc) is 2.22. The normalized spacial score (nSPS) is 25.9. The van der Waals surface area contributed by atoms with Gasteiger partial charge in [0.25, 0.3) is 0 Å². The lowest BCUT2D eigenvalue weighted by atomic mass is 9.88. The van der Waals surface area contributed by atoms with E-state index in [2.05, 4.69) is 18.8 Å². The van der Waals surface area contributed by atoms with E-state index in [1.165, 1.54) is 19.3 Å². The highest BCUT2D eigenvalue weighted by Crippen LogP contribution is 2.26. The summed E-state index contributed by atoms with van der Waals surface area (Å²) in [6, 6.07) is 0. The fraction of sp³-hybridized carbons (Fsp3) is 0.750. The minimum atomic E-state index is -0.143. The van der Waals surface area contributed by atoms with Gasteiger partial charge in [0.1, 0.15) is 6.10 Å². The molecule has 1 N–H and O–H groups in total. The Morgan fingerprint density at radius 3 is 2.93 bits per heavy atom. The lowest BCUT2D eigenvalue weighted by molar-refractivity contribution is -0.152. The minimum Gasteiger partial charge on any atom is -0.461 e. The molecule has 0 amide bonds. The second-order valence-corrected chi connectivity index (χ2v) is 4.21. The van der Waals surface area contributed by atoms with E-state index < -0.39 is 0 Å². The standard InChI is InChI=1S/C12H21NO2/c1-3-8-13-9-12(14)15-11-7-5-4-6-10(11)2/h3,10-11,13H,1,4-9H2,2H3. The molecule has 1 rings (SSSR count). The second kappa shape index (κ2) is 6.62. The van der Waals surface area contributed by atoms with E-state index in [4.69, 9.17) is 4.74 Å². The van der Waals surface area contributed by atoms with Crippen molar-refractivity contribution >= 4 is 5.97 Å². The van der Waals surface area contributed by atoms with Gasteiger partial charge < -0.3 is 10.1 Å². The Bertz CT molecular complexity index is 216. The molecule has 3 nitrogen and oxygen atoms in total. The fourth-order valence-electron chi connectivity index (χ4n) is 1.94. The Balaban J connectivity index is 2.20. The molecule has 0 saturated heterocycles. The molecule has 1 fully saturated rings. The van der Waals surface area contributed by atoms with Crippen molar-refractivity contribution in [3.63, 3.8) is 0 Å². The maximum Gasteiger partial charge on any atom is 0.320 e. The van der Waals surface area contributed by atoms with Crippen LogP contribution in [0.2, 0.25) is 0 Å². The molecule has 0 spiro atoms. The van der Waals surface area contributed by atoms with Crippen LogP contribution in [0.3, 0.4) is 0 Å². The quantitative estimate of drug-likeness (QED) is 0.429. The molecular weight excluding hydrogens is 190 g/mol. The van der Waals surface area contributed by atoms with Crippen LogP contribution in [0, 0.1) is 5.92 Å². The smallest absolute Gasteiger partial charge is 0.320 e. The third-order valence-electron chi connectivity index (χ3n) is 2.87. The van der Waals surface area contributed by atoms with E-state index in [1.54, 1.807) is 6.08 Å². The molecular formula is C12H21NO2. The summed E-state index contributed by atoms with van der Waals surface area (Å²) in [6.07, 6.45) is 6.52. The Labute approximate surface area is 91.9 Å². The molecule has 0 bridgehead atoms. The number of esters is 1. The van der Waals surface area contributed by atoms with Gasteiger partial charge in [0.05, 0.1) is 6.54 Å². The highest BCUT2D eigenvalue weighted by atomic mass is 16.5. The zero-order valence-electron chi connectivity index (χ0n) is 9.50. The number of carbonyl (C=O) groups is 1. The number of hydrogen-bond acceptors (Lipinski definition) is 3. The van der Waals surface area contributed by atoms with Gasteiger partial charge in [-0.2, -0.15) is 0 Å². The van der Waals surface area contributed by atoms with Gasteiger partial charge in [-0.15, -0.1) is 6.58 Å². The summed E-state index contributed by atoms with van der Waals surface area (Å²) in [5.41, 5.74) is 0. The van der Waals surface area contributed by atoms with Crippen molar-refractivity contribution in [3.05, 3.63) is 12.7 Å². The van der Waals surface area contributed by atoms with Crippen LogP contribution in [0.25, 0.3) is 0 Å². The lowest BCUT2D eigenvalue weighted by Crippen LogP contribution is -2.33. The van der Waals surface area contributed by atoms with Crippen LogP contribution in [-0.4, -0.2) is 25.2 Å². The molecule has 0 aromatic heterocycles. The van der Waals surface area contributed by atoms with E-state index >= 15 is 0 Å². The highest BCUT2D eigenvalue weighted by molar-refractivity contribution is 5.71. The van der Waals surface area contributed by atoms with Crippen molar-refractivity contribution < 1.29 is 9.53 Å². The second-order valence-electron chi connectivity index (χ2n) is 4.21. The summed E-state index contributed by atoms with van der Waals surface area (Å²) in [5.74, 6) is 0.373. The predicted octanol–water partition coefficient (Wildman–Crippen LogP) is 1.88. The third-order valence-corrected chi connectivity index (χ3v) is 2.87. The molecule has 0 radical (unpaired) electrons. The molecule has 2 unspecified atom stereocenters. The topological polar surface area (TPSA) is 38.3 Å².